The van der Waals surface area contributed by atoms with E-state index in [2.05, 4.69) is 15.1 Å². The van der Waals surface area contributed by atoms with E-state index in [1.54, 1.807) is 23.0 Å². The Balaban J connectivity index is 1.33. The van der Waals surface area contributed by atoms with E-state index in [1.807, 2.05) is 60.8 Å². The van der Waals surface area contributed by atoms with Crippen molar-refractivity contribution in [2.24, 2.45) is 0 Å². The van der Waals surface area contributed by atoms with Crippen molar-refractivity contribution in [3.05, 3.63) is 95.7 Å². The number of aromatic nitrogens is 4. The van der Waals surface area contributed by atoms with E-state index in [-0.39, 0.29) is 0 Å². The number of ether oxygens (including phenoxy) is 1. The van der Waals surface area contributed by atoms with E-state index < -0.39 is 5.63 Å². The van der Waals surface area contributed by atoms with E-state index in [1.165, 1.54) is 17.4 Å². The average molecular weight is 438 g/mol. The summed E-state index contributed by atoms with van der Waals surface area (Å²) in [6.07, 6.45) is 5.32. The number of benzene rings is 2. The second-order valence-corrected chi connectivity index (χ2v) is 7.99. The summed E-state index contributed by atoms with van der Waals surface area (Å²) in [4.78, 5) is 21.6. The Kier molecular flexibility index (Phi) is 4.29. The summed E-state index contributed by atoms with van der Waals surface area (Å²) in [6, 6.07) is 20.5. The molecule has 0 bridgehead atoms. The fourth-order valence-corrected chi connectivity index (χ4v) is 4.29. The maximum absolute atomic E-state index is 12.1. The fourth-order valence-electron chi connectivity index (χ4n) is 3.54. The van der Waals surface area contributed by atoms with E-state index in [0.717, 1.165) is 27.8 Å². The monoisotopic (exact) mass is 438 g/mol. The van der Waals surface area contributed by atoms with Crippen molar-refractivity contribution < 1.29 is 9.15 Å². The molecule has 0 atom stereocenters. The number of hydrogen-bond donors (Lipinski definition) is 0. The Bertz CT molecular complexity index is 1590. The SMILES string of the molecule is O=c1cc(-c2ccccc2)c2ccc(Oc3nn4cc(-c5cccnc5)nc4s3)cc2o1. The Morgan fingerprint density at radius 3 is 2.66 bits per heavy atom. The van der Waals surface area contributed by atoms with Crippen LogP contribution in [0.2, 0.25) is 0 Å². The standard InChI is InChI=1S/C24H14N4O3S/c29-22-12-19(15-5-2-1-3-6-15)18-9-8-17(11-21(18)31-22)30-24-27-28-14-20(26-23(28)32-24)16-7-4-10-25-13-16/h1-14H. The molecule has 0 aliphatic heterocycles. The van der Waals surface area contributed by atoms with Crippen LogP contribution in [0.15, 0.2) is 94.5 Å². The third-order valence-corrected chi connectivity index (χ3v) is 5.79. The van der Waals surface area contributed by atoms with Gasteiger partial charge in [-0.3, -0.25) is 4.98 Å². The summed E-state index contributed by atoms with van der Waals surface area (Å²) in [5, 5.41) is 5.72. The molecule has 0 aliphatic carbocycles. The van der Waals surface area contributed by atoms with Gasteiger partial charge in [0.2, 0.25) is 4.96 Å². The Morgan fingerprint density at radius 1 is 0.969 bits per heavy atom. The van der Waals surface area contributed by atoms with Crippen LogP contribution in [0.5, 0.6) is 10.9 Å². The molecule has 0 amide bonds. The summed E-state index contributed by atoms with van der Waals surface area (Å²) >= 11 is 1.32. The quantitative estimate of drug-likeness (QED) is 0.342. The number of hydrogen-bond acceptors (Lipinski definition) is 7. The van der Waals surface area contributed by atoms with Crippen LogP contribution >= 0.6 is 11.3 Å². The van der Waals surface area contributed by atoms with Gasteiger partial charge in [-0.2, -0.15) is 0 Å². The molecule has 4 aromatic heterocycles. The van der Waals surface area contributed by atoms with Crippen LogP contribution in [0, 0.1) is 0 Å². The lowest BCUT2D eigenvalue weighted by atomic mass is 10.0. The Morgan fingerprint density at radius 2 is 1.84 bits per heavy atom. The van der Waals surface area contributed by atoms with Crippen LogP contribution in [0.4, 0.5) is 0 Å². The van der Waals surface area contributed by atoms with Crippen LogP contribution in [-0.2, 0) is 0 Å². The molecule has 0 fully saturated rings. The number of rotatable bonds is 4. The van der Waals surface area contributed by atoms with Gasteiger partial charge >= 0.3 is 5.63 Å². The lowest BCUT2D eigenvalue weighted by Crippen LogP contribution is -1.98. The topological polar surface area (TPSA) is 82.5 Å². The molecule has 0 unspecified atom stereocenters. The van der Waals surface area contributed by atoms with Crippen LogP contribution in [-0.4, -0.2) is 19.6 Å². The summed E-state index contributed by atoms with van der Waals surface area (Å²) in [5.74, 6) is 0.523. The van der Waals surface area contributed by atoms with E-state index in [4.69, 9.17) is 9.15 Å². The van der Waals surface area contributed by atoms with Gasteiger partial charge in [0.1, 0.15) is 11.3 Å². The molecule has 4 heterocycles. The number of imidazole rings is 1. The molecule has 32 heavy (non-hydrogen) atoms. The minimum absolute atomic E-state index is 0.413. The predicted octanol–water partition coefficient (Wildman–Crippen LogP) is 5.42. The molecule has 0 saturated carbocycles. The minimum atomic E-state index is -0.413. The van der Waals surface area contributed by atoms with Crippen molar-refractivity contribution in [2.75, 3.05) is 0 Å². The van der Waals surface area contributed by atoms with Gasteiger partial charge in [0.05, 0.1) is 11.9 Å². The zero-order valence-electron chi connectivity index (χ0n) is 16.5. The Labute approximate surface area is 185 Å². The van der Waals surface area contributed by atoms with Gasteiger partial charge in [0, 0.05) is 35.5 Å². The summed E-state index contributed by atoms with van der Waals surface area (Å²) in [6.45, 7) is 0. The van der Waals surface area contributed by atoms with Gasteiger partial charge in [-0.25, -0.2) is 14.3 Å². The third kappa shape index (κ3) is 3.32. The molecule has 0 radical (unpaired) electrons. The highest BCUT2D eigenvalue weighted by Crippen LogP contribution is 2.33. The molecule has 6 rings (SSSR count). The van der Waals surface area contributed by atoms with Crippen LogP contribution in [0.1, 0.15) is 0 Å². The second-order valence-electron chi connectivity index (χ2n) is 7.07. The fraction of sp³-hybridized carbons (Fsp3) is 0. The first kappa shape index (κ1) is 18.5. The molecular formula is C24H14N4O3S. The predicted molar refractivity (Wildman–Crippen MR) is 122 cm³/mol. The van der Waals surface area contributed by atoms with Gasteiger partial charge in [-0.15, -0.1) is 5.10 Å². The first-order valence-electron chi connectivity index (χ1n) is 9.81. The van der Waals surface area contributed by atoms with Gasteiger partial charge in [0.25, 0.3) is 5.19 Å². The highest BCUT2D eigenvalue weighted by atomic mass is 32.1. The summed E-state index contributed by atoms with van der Waals surface area (Å²) < 4.78 is 13.0. The van der Waals surface area contributed by atoms with Crippen LogP contribution in [0.25, 0.3) is 38.3 Å². The van der Waals surface area contributed by atoms with Gasteiger partial charge in [-0.05, 0) is 46.7 Å². The smallest absolute Gasteiger partial charge is 0.336 e. The van der Waals surface area contributed by atoms with Crippen LogP contribution in [0.3, 0.4) is 0 Å². The first-order chi connectivity index (χ1) is 15.7. The van der Waals surface area contributed by atoms with Crippen molar-refractivity contribution in [2.45, 2.75) is 0 Å². The number of nitrogens with zero attached hydrogens (tertiary/aromatic N) is 4. The van der Waals surface area contributed by atoms with Crippen molar-refractivity contribution in [3.8, 4) is 33.3 Å². The Hall–Kier alpha value is -4.30. The molecule has 8 heteroatoms. The zero-order valence-corrected chi connectivity index (χ0v) is 17.3. The summed E-state index contributed by atoms with van der Waals surface area (Å²) in [7, 11) is 0. The molecule has 154 valence electrons. The molecule has 0 N–H and O–H groups in total. The molecule has 0 saturated heterocycles. The van der Waals surface area contributed by atoms with Crippen molar-refractivity contribution in [1.29, 1.82) is 0 Å². The molecule has 2 aromatic carbocycles. The molecule has 0 aliphatic rings. The van der Waals surface area contributed by atoms with Crippen molar-refractivity contribution >= 4 is 27.3 Å². The van der Waals surface area contributed by atoms with Gasteiger partial charge in [-0.1, -0.05) is 30.3 Å². The number of pyridine rings is 1. The van der Waals surface area contributed by atoms with E-state index in [9.17, 15) is 4.79 Å². The average Bonchev–Trinajstić information content (AvgIpc) is 3.38. The molecule has 6 aromatic rings. The molecular weight excluding hydrogens is 424 g/mol. The summed E-state index contributed by atoms with van der Waals surface area (Å²) in [5.41, 5.74) is 3.53. The van der Waals surface area contributed by atoms with Crippen molar-refractivity contribution in [3.63, 3.8) is 0 Å². The van der Waals surface area contributed by atoms with E-state index >= 15 is 0 Å². The lowest BCUT2D eigenvalue weighted by molar-refractivity contribution is 0.469. The third-order valence-electron chi connectivity index (χ3n) is 4.99. The van der Waals surface area contributed by atoms with E-state index in [0.29, 0.717) is 21.5 Å². The first-order valence-corrected chi connectivity index (χ1v) is 10.6. The highest BCUT2D eigenvalue weighted by Gasteiger charge is 2.13. The maximum atomic E-state index is 12.1. The van der Waals surface area contributed by atoms with Crippen LogP contribution < -0.4 is 10.4 Å². The second kappa shape index (κ2) is 7.44. The zero-order chi connectivity index (χ0) is 21.5. The number of fused-ring (bicyclic) bond motifs is 2. The largest absolute Gasteiger partial charge is 0.430 e. The normalized spacial score (nSPS) is 11.2. The minimum Gasteiger partial charge on any atom is -0.430 e. The van der Waals surface area contributed by atoms with Gasteiger partial charge in [0.15, 0.2) is 0 Å². The lowest BCUT2D eigenvalue weighted by Gasteiger charge is -2.07. The highest BCUT2D eigenvalue weighted by molar-refractivity contribution is 7.18. The van der Waals surface area contributed by atoms with Crippen molar-refractivity contribution in [1.82, 2.24) is 19.6 Å². The maximum Gasteiger partial charge on any atom is 0.336 e. The van der Waals surface area contributed by atoms with Gasteiger partial charge < -0.3 is 9.15 Å². The molecule has 0 spiro atoms. The molecule has 7 nitrogen and oxygen atoms in total.